The Morgan fingerprint density at radius 2 is 2.35 bits per heavy atom. The second kappa shape index (κ2) is 6.58. The first-order valence-electron chi connectivity index (χ1n) is 5.42. The molecular formula is C13H19N3O. The number of hydrogen-bond donors (Lipinski definition) is 1. The van der Waals surface area contributed by atoms with Crippen LogP contribution in [-0.4, -0.2) is 31.6 Å². The maximum absolute atomic E-state index is 5.82. The van der Waals surface area contributed by atoms with Crippen LogP contribution in [0.4, 0.5) is 0 Å². The molecule has 0 radical (unpaired) electrons. The van der Waals surface area contributed by atoms with Crippen molar-refractivity contribution in [1.82, 2.24) is 4.90 Å². The molecule has 0 heterocycles. The number of guanidine groups is 1. The number of rotatable bonds is 5. The predicted molar refractivity (Wildman–Crippen MR) is 71.1 cm³/mol. The van der Waals surface area contributed by atoms with Gasteiger partial charge in [0.05, 0.1) is 13.7 Å². The summed E-state index contributed by atoms with van der Waals surface area (Å²) in [5.41, 5.74) is 6.95. The summed E-state index contributed by atoms with van der Waals surface area (Å²) in [5.74, 6) is 1.35. The minimum absolute atomic E-state index is 0.507. The Labute approximate surface area is 102 Å². The normalized spacial score (nSPS) is 11.1. The van der Waals surface area contributed by atoms with Crippen LogP contribution < -0.4 is 10.5 Å². The SMILES string of the molecule is C=CCN=C(N)N(C)Cc1cccc(OC)c1. The molecule has 4 heteroatoms. The molecule has 1 aromatic carbocycles. The summed E-state index contributed by atoms with van der Waals surface area (Å²) in [7, 11) is 3.56. The van der Waals surface area contributed by atoms with Crippen molar-refractivity contribution in [2.75, 3.05) is 20.7 Å². The van der Waals surface area contributed by atoms with Gasteiger partial charge in [0.1, 0.15) is 5.75 Å². The topological polar surface area (TPSA) is 50.8 Å². The first kappa shape index (κ1) is 13.1. The molecule has 0 aromatic heterocycles. The molecule has 0 amide bonds. The quantitative estimate of drug-likeness (QED) is 0.478. The predicted octanol–water partition coefficient (Wildman–Crippen LogP) is 1.63. The van der Waals surface area contributed by atoms with Crippen molar-refractivity contribution in [3.63, 3.8) is 0 Å². The zero-order valence-corrected chi connectivity index (χ0v) is 10.4. The van der Waals surface area contributed by atoms with Gasteiger partial charge in [0.25, 0.3) is 0 Å². The minimum Gasteiger partial charge on any atom is -0.497 e. The maximum atomic E-state index is 5.82. The summed E-state index contributed by atoms with van der Waals surface area (Å²) >= 11 is 0. The van der Waals surface area contributed by atoms with Crippen LogP contribution in [0.2, 0.25) is 0 Å². The van der Waals surface area contributed by atoms with Crippen molar-refractivity contribution in [2.45, 2.75) is 6.54 Å². The molecule has 2 N–H and O–H groups in total. The number of methoxy groups -OCH3 is 1. The van der Waals surface area contributed by atoms with Crippen LogP contribution in [-0.2, 0) is 6.54 Å². The average molecular weight is 233 g/mol. The number of benzene rings is 1. The number of ether oxygens (including phenoxy) is 1. The summed E-state index contributed by atoms with van der Waals surface area (Å²) in [6.07, 6.45) is 1.71. The van der Waals surface area contributed by atoms with Crippen LogP contribution in [0.15, 0.2) is 41.9 Å². The lowest BCUT2D eigenvalue weighted by Gasteiger charge is -2.18. The molecule has 0 fully saturated rings. The summed E-state index contributed by atoms with van der Waals surface area (Å²) in [5, 5.41) is 0. The van der Waals surface area contributed by atoms with Gasteiger partial charge in [0, 0.05) is 13.6 Å². The van der Waals surface area contributed by atoms with Gasteiger partial charge in [-0.1, -0.05) is 18.2 Å². The Morgan fingerprint density at radius 1 is 1.59 bits per heavy atom. The molecule has 0 unspecified atom stereocenters. The van der Waals surface area contributed by atoms with Crippen molar-refractivity contribution in [1.29, 1.82) is 0 Å². The summed E-state index contributed by atoms with van der Waals surface area (Å²) in [6, 6.07) is 7.88. The Kier molecular flexibility index (Phi) is 5.07. The van der Waals surface area contributed by atoms with E-state index >= 15 is 0 Å². The van der Waals surface area contributed by atoms with Gasteiger partial charge in [-0.15, -0.1) is 6.58 Å². The molecule has 0 saturated heterocycles. The molecule has 0 aliphatic carbocycles. The number of nitrogens with two attached hydrogens (primary N) is 1. The third-order valence-corrected chi connectivity index (χ3v) is 2.33. The zero-order valence-electron chi connectivity index (χ0n) is 10.4. The second-order valence-corrected chi connectivity index (χ2v) is 3.70. The number of hydrogen-bond acceptors (Lipinski definition) is 2. The monoisotopic (exact) mass is 233 g/mol. The van der Waals surface area contributed by atoms with E-state index in [1.165, 1.54) is 0 Å². The van der Waals surface area contributed by atoms with Gasteiger partial charge in [-0.2, -0.15) is 0 Å². The molecule has 1 rings (SSSR count). The van der Waals surface area contributed by atoms with Crippen molar-refractivity contribution in [3.8, 4) is 5.75 Å². The van der Waals surface area contributed by atoms with Crippen molar-refractivity contribution >= 4 is 5.96 Å². The maximum Gasteiger partial charge on any atom is 0.191 e. The molecule has 0 aliphatic rings. The van der Waals surface area contributed by atoms with Crippen LogP contribution in [0.5, 0.6) is 5.75 Å². The third-order valence-electron chi connectivity index (χ3n) is 2.33. The van der Waals surface area contributed by atoms with E-state index in [1.807, 2.05) is 36.2 Å². The molecule has 0 bridgehead atoms. The Bertz CT molecular complexity index is 401. The van der Waals surface area contributed by atoms with E-state index in [4.69, 9.17) is 10.5 Å². The van der Waals surface area contributed by atoms with E-state index in [-0.39, 0.29) is 0 Å². The first-order chi connectivity index (χ1) is 8.17. The summed E-state index contributed by atoms with van der Waals surface area (Å²) < 4.78 is 5.17. The highest BCUT2D eigenvalue weighted by Gasteiger charge is 2.03. The standard InChI is InChI=1S/C13H19N3O/c1-4-8-15-13(14)16(2)10-11-6-5-7-12(9-11)17-3/h4-7,9H,1,8,10H2,2-3H3,(H2,14,15). The second-order valence-electron chi connectivity index (χ2n) is 3.70. The molecular weight excluding hydrogens is 214 g/mol. The van der Waals surface area contributed by atoms with Gasteiger partial charge in [-0.05, 0) is 17.7 Å². The van der Waals surface area contributed by atoms with Gasteiger partial charge in [-0.3, -0.25) is 0 Å². The Hall–Kier alpha value is -1.97. The number of nitrogens with zero attached hydrogens (tertiary/aromatic N) is 2. The molecule has 0 saturated carbocycles. The molecule has 4 nitrogen and oxygen atoms in total. The third kappa shape index (κ3) is 4.18. The van der Waals surface area contributed by atoms with E-state index in [2.05, 4.69) is 11.6 Å². The van der Waals surface area contributed by atoms with Crippen molar-refractivity contribution in [2.24, 2.45) is 10.7 Å². The summed E-state index contributed by atoms with van der Waals surface area (Å²) in [4.78, 5) is 6.04. The highest BCUT2D eigenvalue weighted by atomic mass is 16.5. The highest BCUT2D eigenvalue weighted by molar-refractivity contribution is 5.77. The largest absolute Gasteiger partial charge is 0.497 e. The lowest BCUT2D eigenvalue weighted by molar-refractivity contribution is 0.412. The van der Waals surface area contributed by atoms with Gasteiger partial charge in [-0.25, -0.2) is 4.99 Å². The van der Waals surface area contributed by atoms with Gasteiger partial charge >= 0.3 is 0 Å². The summed E-state index contributed by atoms with van der Waals surface area (Å²) in [6.45, 7) is 4.84. The van der Waals surface area contributed by atoms with Gasteiger partial charge in [0.15, 0.2) is 5.96 Å². The molecule has 17 heavy (non-hydrogen) atoms. The fraction of sp³-hybridized carbons (Fsp3) is 0.308. The fourth-order valence-corrected chi connectivity index (χ4v) is 1.40. The average Bonchev–Trinajstić information content (AvgIpc) is 2.36. The van der Waals surface area contributed by atoms with Crippen molar-refractivity contribution < 1.29 is 4.74 Å². The van der Waals surface area contributed by atoms with Crippen LogP contribution in [0.1, 0.15) is 5.56 Å². The molecule has 0 atom stereocenters. The Morgan fingerprint density at radius 3 is 3.00 bits per heavy atom. The molecule has 92 valence electrons. The molecule has 1 aromatic rings. The lowest BCUT2D eigenvalue weighted by Crippen LogP contribution is -2.33. The molecule has 0 aliphatic heterocycles. The van der Waals surface area contributed by atoms with Gasteiger partial charge in [0.2, 0.25) is 0 Å². The highest BCUT2D eigenvalue weighted by Crippen LogP contribution is 2.13. The van der Waals surface area contributed by atoms with E-state index in [1.54, 1.807) is 13.2 Å². The van der Waals surface area contributed by atoms with Gasteiger partial charge < -0.3 is 15.4 Å². The minimum atomic E-state index is 0.507. The number of aliphatic imine (C=N–C) groups is 1. The van der Waals surface area contributed by atoms with E-state index in [0.29, 0.717) is 19.0 Å². The van der Waals surface area contributed by atoms with E-state index < -0.39 is 0 Å². The zero-order chi connectivity index (χ0) is 12.7. The van der Waals surface area contributed by atoms with Crippen LogP contribution in [0.25, 0.3) is 0 Å². The van der Waals surface area contributed by atoms with E-state index in [0.717, 1.165) is 11.3 Å². The van der Waals surface area contributed by atoms with Crippen molar-refractivity contribution in [3.05, 3.63) is 42.5 Å². The Balaban J connectivity index is 2.66. The van der Waals surface area contributed by atoms with Crippen LogP contribution >= 0.6 is 0 Å². The fourth-order valence-electron chi connectivity index (χ4n) is 1.40. The smallest absolute Gasteiger partial charge is 0.191 e. The molecule has 0 spiro atoms. The van der Waals surface area contributed by atoms with Crippen LogP contribution in [0.3, 0.4) is 0 Å². The lowest BCUT2D eigenvalue weighted by atomic mass is 10.2. The van der Waals surface area contributed by atoms with E-state index in [9.17, 15) is 0 Å². The first-order valence-corrected chi connectivity index (χ1v) is 5.42. The van der Waals surface area contributed by atoms with Crippen LogP contribution in [0, 0.1) is 0 Å².